The second kappa shape index (κ2) is 13.1. The van der Waals surface area contributed by atoms with Gasteiger partial charge in [-0.05, 0) is 24.3 Å². The van der Waals surface area contributed by atoms with E-state index in [4.69, 9.17) is 4.74 Å². The molecule has 1 aliphatic heterocycles. The van der Waals surface area contributed by atoms with E-state index in [1.54, 1.807) is 19.2 Å². The summed E-state index contributed by atoms with van der Waals surface area (Å²) in [6, 6.07) is 7.29. The number of aliphatic imine (C=N–C) groups is 1. The Morgan fingerprint density at radius 2 is 1.73 bits per heavy atom. The summed E-state index contributed by atoms with van der Waals surface area (Å²) in [4.78, 5) is 18.6. The first-order valence-corrected chi connectivity index (χ1v) is 9.26. The molecule has 0 spiro atoms. The van der Waals surface area contributed by atoms with Gasteiger partial charge in [0.15, 0.2) is 5.96 Å². The van der Waals surface area contributed by atoms with Gasteiger partial charge < -0.3 is 20.7 Å². The Balaban J connectivity index is 0.00000338. The van der Waals surface area contributed by atoms with Crippen LogP contribution >= 0.6 is 32.9 Å². The van der Waals surface area contributed by atoms with Crippen molar-refractivity contribution in [1.29, 1.82) is 0 Å². The average molecular weight is 493 g/mol. The van der Waals surface area contributed by atoms with Crippen LogP contribution in [0.2, 0.25) is 0 Å². The van der Waals surface area contributed by atoms with Gasteiger partial charge in [0, 0.05) is 56.4 Å². The summed E-state index contributed by atoms with van der Waals surface area (Å²) >= 11 is 3.36. The molecular weight excluding hydrogens is 466 g/mol. The number of hydrogen-bond acceptors (Lipinski definition) is 4. The lowest BCUT2D eigenvalue weighted by Crippen LogP contribution is -2.45. The molecule has 1 fully saturated rings. The zero-order chi connectivity index (χ0) is 17.9. The van der Waals surface area contributed by atoms with Crippen molar-refractivity contribution in [3.63, 3.8) is 0 Å². The molecule has 146 valence electrons. The van der Waals surface area contributed by atoms with Crippen LogP contribution in [0.3, 0.4) is 0 Å². The van der Waals surface area contributed by atoms with E-state index in [0.29, 0.717) is 18.7 Å². The number of benzene rings is 1. The molecule has 1 aliphatic rings. The number of carbonyl (C=O) groups excluding carboxylic acids is 1. The monoisotopic (exact) mass is 491 g/mol. The second-order valence-corrected chi connectivity index (χ2v) is 6.56. The normalized spacial score (nSPS) is 15.1. The van der Waals surface area contributed by atoms with Gasteiger partial charge in [-0.25, -0.2) is 0 Å². The maximum absolute atomic E-state index is 12.0. The zero-order valence-corrected chi connectivity index (χ0v) is 18.3. The van der Waals surface area contributed by atoms with Crippen LogP contribution in [0, 0.1) is 0 Å². The summed E-state index contributed by atoms with van der Waals surface area (Å²) in [5.41, 5.74) is 0.649. The van der Waals surface area contributed by atoms with E-state index in [-0.39, 0.29) is 22.9 Å². The molecule has 1 saturated heterocycles. The molecule has 1 aromatic rings. The Morgan fingerprint density at radius 1 is 1.12 bits per heavy atom. The number of morpholine rings is 1. The average Bonchev–Trinajstić information content (AvgIpc) is 2.65. The highest BCUT2D eigenvalue weighted by Gasteiger charge is 2.09. The number of amides is 1. The van der Waals surface area contributed by atoms with Crippen LogP contribution in [0.4, 0.5) is 0 Å². The van der Waals surface area contributed by atoms with Gasteiger partial charge in [-0.1, -0.05) is 15.9 Å². The van der Waals surface area contributed by atoms with Crippen LogP contribution in [0.25, 0.3) is 0 Å². The Bertz CT molecular complexity index is 563. The first-order chi connectivity index (χ1) is 12.2. The molecule has 0 bridgehead atoms. The molecule has 9 heteroatoms. The number of ether oxygens (including phenoxy) is 1. The topological polar surface area (TPSA) is 78.0 Å². The van der Waals surface area contributed by atoms with E-state index in [1.807, 2.05) is 12.1 Å². The Kier molecular flexibility index (Phi) is 11.5. The predicted octanol–water partition coefficient (Wildman–Crippen LogP) is 1.25. The Labute approximate surface area is 173 Å². The van der Waals surface area contributed by atoms with Gasteiger partial charge >= 0.3 is 0 Å². The highest BCUT2D eigenvalue weighted by atomic mass is 79.9. The number of guanidine groups is 1. The van der Waals surface area contributed by atoms with Crippen molar-refractivity contribution in [2.75, 3.05) is 59.5 Å². The summed E-state index contributed by atoms with van der Waals surface area (Å²) in [5.74, 6) is 0.663. The van der Waals surface area contributed by atoms with Gasteiger partial charge in [0.1, 0.15) is 0 Å². The second-order valence-electron chi connectivity index (χ2n) is 5.64. The highest BCUT2D eigenvalue weighted by molar-refractivity contribution is 9.10. The van der Waals surface area contributed by atoms with E-state index < -0.39 is 0 Å². The van der Waals surface area contributed by atoms with Crippen LogP contribution in [-0.2, 0) is 4.74 Å². The highest BCUT2D eigenvalue weighted by Crippen LogP contribution is 2.10. The van der Waals surface area contributed by atoms with Crippen LogP contribution in [0.5, 0.6) is 0 Å². The smallest absolute Gasteiger partial charge is 0.251 e. The predicted molar refractivity (Wildman–Crippen MR) is 113 cm³/mol. The number of nitrogens with zero attached hydrogens (tertiary/aromatic N) is 2. The molecule has 1 aromatic carbocycles. The van der Waals surface area contributed by atoms with Crippen molar-refractivity contribution in [1.82, 2.24) is 20.9 Å². The fourth-order valence-corrected chi connectivity index (χ4v) is 2.70. The summed E-state index contributed by atoms with van der Waals surface area (Å²) in [7, 11) is 1.74. The van der Waals surface area contributed by atoms with Gasteiger partial charge in [-0.3, -0.25) is 14.7 Å². The summed E-state index contributed by atoms with van der Waals surface area (Å²) < 4.78 is 6.29. The van der Waals surface area contributed by atoms with Crippen LogP contribution in [-0.4, -0.2) is 76.3 Å². The SMILES string of the molecule is Br.CN=C(NCCNC(=O)c1ccc(Br)cc1)NCCN1CCOCC1. The summed E-state index contributed by atoms with van der Waals surface area (Å²) in [6.45, 7) is 6.51. The lowest BCUT2D eigenvalue weighted by atomic mass is 10.2. The zero-order valence-electron chi connectivity index (χ0n) is 15.0. The largest absolute Gasteiger partial charge is 0.379 e. The molecule has 26 heavy (non-hydrogen) atoms. The molecule has 1 heterocycles. The lowest BCUT2D eigenvalue weighted by molar-refractivity contribution is 0.0389. The molecule has 2 rings (SSSR count). The molecule has 0 aromatic heterocycles. The van der Waals surface area contributed by atoms with Crippen molar-refractivity contribution < 1.29 is 9.53 Å². The third-order valence-corrected chi connectivity index (χ3v) is 4.39. The number of rotatable bonds is 7. The van der Waals surface area contributed by atoms with Crippen LogP contribution < -0.4 is 16.0 Å². The molecule has 0 saturated carbocycles. The molecule has 7 nitrogen and oxygen atoms in total. The minimum Gasteiger partial charge on any atom is -0.379 e. The molecular formula is C17H27Br2N5O2. The number of carbonyl (C=O) groups is 1. The number of hydrogen-bond donors (Lipinski definition) is 3. The van der Waals surface area contributed by atoms with Crippen LogP contribution in [0.15, 0.2) is 33.7 Å². The molecule has 1 amide bonds. The number of halogens is 2. The van der Waals surface area contributed by atoms with E-state index in [2.05, 4.69) is 41.8 Å². The molecule has 0 aliphatic carbocycles. The molecule has 0 radical (unpaired) electrons. The van der Waals surface area contributed by atoms with Crippen LogP contribution in [0.1, 0.15) is 10.4 Å². The first-order valence-electron chi connectivity index (χ1n) is 8.47. The Hall–Kier alpha value is -1.16. The summed E-state index contributed by atoms with van der Waals surface area (Å²) in [5, 5.41) is 9.36. The standard InChI is InChI=1S/C17H26BrN5O2.BrH/c1-19-17(22-8-9-23-10-12-25-13-11-23)21-7-6-20-16(24)14-2-4-15(18)5-3-14;/h2-5H,6-13H2,1H3,(H,20,24)(H2,19,21,22);1H. The lowest BCUT2D eigenvalue weighted by Gasteiger charge is -2.26. The molecule has 0 unspecified atom stereocenters. The van der Waals surface area contributed by atoms with Crippen molar-refractivity contribution >= 4 is 44.8 Å². The van der Waals surface area contributed by atoms with Crippen molar-refractivity contribution in [2.24, 2.45) is 4.99 Å². The van der Waals surface area contributed by atoms with Gasteiger partial charge in [0.2, 0.25) is 0 Å². The van der Waals surface area contributed by atoms with E-state index in [1.165, 1.54) is 0 Å². The molecule has 0 atom stereocenters. The van der Waals surface area contributed by atoms with E-state index >= 15 is 0 Å². The third kappa shape index (κ3) is 8.48. The maximum Gasteiger partial charge on any atom is 0.251 e. The number of nitrogens with one attached hydrogen (secondary N) is 3. The molecule has 3 N–H and O–H groups in total. The van der Waals surface area contributed by atoms with Crippen molar-refractivity contribution in [3.8, 4) is 0 Å². The minimum absolute atomic E-state index is 0. The maximum atomic E-state index is 12.0. The van der Waals surface area contributed by atoms with Gasteiger partial charge in [0.05, 0.1) is 13.2 Å². The minimum atomic E-state index is -0.0791. The third-order valence-electron chi connectivity index (χ3n) is 3.86. The van der Waals surface area contributed by atoms with E-state index in [0.717, 1.165) is 49.8 Å². The van der Waals surface area contributed by atoms with Crippen molar-refractivity contribution in [2.45, 2.75) is 0 Å². The van der Waals surface area contributed by atoms with Gasteiger partial charge in [-0.2, -0.15) is 0 Å². The fourth-order valence-electron chi connectivity index (χ4n) is 2.44. The quantitative estimate of drug-likeness (QED) is 0.303. The van der Waals surface area contributed by atoms with Crippen molar-refractivity contribution in [3.05, 3.63) is 34.3 Å². The van der Waals surface area contributed by atoms with Gasteiger partial charge in [0.25, 0.3) is 5.91 Å². The van der Waals surface area contributed by atoms with E-state index in [9.17, 15) is 4.79 Å². The Morgan fingerprint density at radius 3 is 2.38 bits per heavy atom. The first kappa shape index (κ1) is 22.9. The summed E-state index contributed by atoms with van der Waals surface area (Å²) in [6.07, 6.45) is 0. The fraction of sp³-hybridized carbons (Fsp3) is 0.529. The van der Waals surface area contributed by atoms with Gasteiger partial charge in [-0.15, -0.1) is 17.0 Å².